The Morgan fingerprint density at radius 1 is 0.600 bits per heavy atom. The van der Waals surface area contributed by atoms with Gasteiger partial charge in [0.25, 0.3) is 0 Å². The van der Waals surface area contributed by atoms with E-state index in [2.05, 4.69) is 0 Å². The molecule has 0 aliphatic heterocycles. The van der Waals surface area contributed by atoms with Crippen LogP contribution in [0.1, 0.15) is 0 Å². The molecule has 0 unspecified atom stereocenters. The minimum Gasteiger partial charge on any atom is -0.289 e. The zero-order valence-electron chi connectivity index (χ0n) is 10.3. The minimum atomic E-state index is -0.0544. The van der Waals surface area contributed by atoms with E-state index in [1.807, 2.05) is 48.5 Å². The zero-order chi connectivity index (χ0) is 13.9. The van der Waals surface area contributed by atoms with Crippen LogP contribution in [0, 0.1) is 0 Å². The van der Waals surface area contributed by atoms with Gasteiger partial charge in [0.1, 0.15) is 0 Å². The van der Waals surface area contributed by atoms with Crippen LogP contribution in [0.5, 0.6) is 0 Å². The molecule has 0 fully saturated rings. The maximum Gasteiger partial charge on any atom is 0.195 e. The third-order valence-electron chi connectivity index (χ3n) is 3.76. The first-order chi connectivity index (χ1) is 9.70. The van der Waals surface area contributed by atoms with Gasteiger partial charge in [0, 0.05) is 16.2 Å². The average molecular weight is 299 g/mol. The lowest BCUT2D eigenvalue weighted by atomic mass is 10.0. The summed E-state index contributed by atoms with van der Waals surface area (Å²) in [6.45, 7) is 0. The molecule has 3 heteroatoms. The van der Waals surface area contributed by atoms with Gasteiger partial charge >= 0.3 is 0 Å². The Kier molecular flexibility index (Phi) is 2.44. The summed E-state index contributed by atoms with van der Waals surface area (Å²) in [5.74, 6) is 0. The molecule has 0 saturated carbocycles. The van der Waals surface area contributed by atoms with Crippen LogP contribution in [0.2, 0.25) is 10.0 Å². The van der Waals surface area contributed by atoms with E-state index in [4.69, 9.17) is 23.2 Å². The van der Waals surface area contributed by atoms with Gasteiger partial charge in [0.2, 0.25) is 0 Å². The van der Waals surface area contributed by atoms with E-state index >= 15 is 0 Å². The number of benzene rings is 2. The first-order valence-corrected chi connectivity index (χ1v) is 6.99. The molecule has 0 amide bonds. The van der Waals surface area contributed by atoms with Gasteiger partial charge in [-0.3, -0.25) is 4.79 Å². The van der Waals surface area contributed by atoms with Crippen LogP contribution in [-0.4, -0.2) is 0 Å². The number of rotatable bonds is 0. The van der Waals surface area contributed by atoms with Crippen LogP contribution >= 0.6 is 23.2 Å². The number of hydrogen-bond acceptors (Lipinski definition) is 1. The van der Waals surface area contributed by atoms with Crippen LogP contribution < -0.4 is 5.43 Å². The van der Waals surface area contributed by atoms with Gasteiger partial charge in [-0.1, -0.05) is 71.7 Å². The molecular formula is C17H8Cl2O. The molecule has 1 nitrogen and oxygen atoms in total. The van der Waals surface area contributed by atoms with Crippen LogP contribution in [0.3, 0.4) is 0 Å². The molecule has 0 saturated heterocycles. The number of hydrogen-bond donors (Lipinski definition) is 0. The SMILES string of the molecule is O=c1c2ccccc2c2ccccc3c(Cl)c(Cl)c1c32. The summed E-state index contributed by atoms with van der Waals surface area (Å²) in [7, 11) is 0. The predicted molar refractivity (Wildman–Crippen MR) is 86.4 cm³/mol. The third-order valence-corrected chi connectivity index (χ3v) is 4.63. The van der Waals surface area contributed by atoms with Crippen molar-refractivity contribution in [1.82, 2.24) is 0 Å². The summed E-state index contributed by atoms with van der Waals surface area (Å²) >= 11 is 12.6. The van der Waals surface area contributed by atoms with E-state index in [0.29, 0.717) is 20.8 Å². The maximum absolute atomic E-state index is 12.7. The van der Waals surface area contributed by atoms with Gasteiger partial charge in [0.15, 0.2) is 5.43 Å². The van der Waals surface area contributed by atoms with Crippen molar-refractivity contribution in [3.63, 3.8) is 0 Å². The summed E-state index contributed by atoms with van der Waals surface area (Å²) in [4.78, 5) is 12.7. The largest absolute Gasteiger partial charge is 0.289 e. The smallest absolute Gasteiger partial charge is 0.195 e. The van der Waals surface area contributed by atoms with Crippen molar-refractivity contribution in [2.45, 2.75) is 0 Å². The molecular weight excluding hydrogens is 291 g/mol. The van der Waals surface area contributed by atoms with Crippen molar-refractivity contribution in [2.24, 2.45) is 0 Å². The minimum absolute atomic E-state index is 0.0544. The van der Waals surface area contributed by atoms with Crippen LogP contribution in [0.15, 0.2) is 53.3 Å². The number of halogens is 2. The molecule has 0 spiro atoms. The van der Waals surface area contributed by atoms with Gasteiger partial charge in [-0.25, -0.2) is 0 Å². The molecule has 0 radical (unpaired) electrons. The molecule has 0 atom stereocenters. The van der Waals surface area contributed by atoms with Crippen molar-refractivity contribution in [2.75, 3.05) is 0 Å². The fraction of sp³-hybridized carbons (Fsp3) is 0. The Morgan fingerprint density at radius 2 is 1.15 bits per heavy atom. The normalized spacial score (nSPS) is 11.7. The van der Waals surface area contributed by atoms with Gasteiger partial charge in [0.05, 0.1) is 15.4 Å². The Morgan fingerprint density at radius 3 is 1.85 bits per heavy atom. The summed E-state index contributed by atoms with van der Waals surface area (Å²) in [5.41, 5.74) is -0.0544. The van der Waals surface area contributed by atoms with Gasteiger partial charge in [-0.15, -0.1) is 0 Å². The Labute approximate surface area is 124 Å². The quantitative estimate of drug-likeness (QED) is 0.433. The Bertz CT molecular complexity index is 1040. The standard InChI is InChI=1S/C17H8Cl2O/c18-15-12-8-4-2-6-10-9-5-1-3-7-11(9)17(20)14(13(10)12)16(15)19/h1-8H. The van der Waals surface area contributed by atoms with E-state index in [1.54, 1.807) is 0 Å². The van der Waals surface area contributed by atoms with E-state index in [9.17, 15) is 4.79 Å². The van der Waals surface area contributed by atoms with Gasteiger partial charge < -0.3 is 0 Å². The lowest BCUT2D eigenvalue weighted by molar-refractivity contribution is 1.76. The highest BCUT2D eigenvalue weighted by Gasteiger charge is 2.19. The first-order valence-electron chi connectivity index (χ1n) is 6.24. The van der Waals surface area contributed by atoms with Crippen molar-refractivity contribution in [3.8, 4) is 0 Å². The highest BCUT2D eigenvalue weighted by atomic mass is 35.5. The molecule has 4 rings (SSSR count). The van der Waals surface area contributed by atoms with E-state index < -0.39 is 0 Å². The summed E-state index contributed by atoms with van der Waals surface area (Å²) in [6, 6.07) is 15.4. The molecule has 96 valence electrons. The van der Waals surface area contributed by atoms with Gasteiger partial charge in [-0.05, 0) is 10.8 Å². The summed E-state index contributed by atoms with van der Waals surface area (Å²) in [6.07, 6.45) is 0. The molecule has 4 aromatic rings. The second-order valence-corrected chi connectivity index (χ2v) is 5.55. The predicted octanol–water partition coefficient (Wildman–Crippen LogP) is 5.25. The fourth-order valence-corrected chi connectivity index (χ4v) is 3.43. The van der Waals surface area contributed by atoms with Gasteiger partial charge in [-0.2, -0.15) is 0 Å². The van der Waals surface area contributed by atoms with E-state index in [0.717, 1.165) is 21.5 Å². The second-order valence-electron chi connectivity index (χ2n) is 4.80. The van der Waals surface area contributed by atoms with Crippen LogP contribution in [0.4, 0.5) is 0 Å². The van der Waals surface area contributed by atoms with Crippen molar-refractivity contribution in [1.29, 1.82) is 0 Å². The molecule has 0 N–H and O–H groups in total. The lowest BCUT2D eigenvalue weighted by Gasteiger charge is -2.01. The first kappa shape index (κ1) is 12.0. The highest BCUT2D eigenvalue weighted by molar-refractivity contribution is 6.51. The molecule has 0 aromatic heterocycles. The van der Waals surface area contributed by atoms with E-state index in [-0.39, 0.29) is 5.43 Å². The molecule has 0 bridgehead atoms. The molecule has 0 aliphatic carbocycles. The van der Waals surface area contributed by atoms with Crippen molar-refractivity contribution in [3.05, 3.63) is 68.8 Å². The van der Waals surface area contributed by atoms with Crippen molar-refractivity contribution < 1.29 is 0 Å². The van der Waals surface area contributed by atoms with E-state index in [1.165, 1.54) is 0 Å². The Balaban J connectivity index is 2.56. The summed E-state index contributed by atoms with van der Waals surface area (Å²) < 4.78 is 0. The Hall–Kier alpha value is -1.83. The monoisotopic (exact) mass is 298 g/mol. The summed E-state index contributed by atoms with van der Waals surface area (Å²) in [5, 5.41) is 5.63. The number of fused-ring (bicyclic) bond motifs is 2. The highest BCUT2D eigenvalue weighted by Crippen LogP contribution is 2.42. The van der Waals surface area contributed by atoms with Crippen molar-refractivity contribution >= 4 is 55.5 Å². The zero-order valence-corrected chi connectivity index (χ0v) is 11.8. The maximum atomic E-state index is 12.7. The second kappa shape index (κ2) is 4.08. The fourth-order valence-electron chi connectivity index (χ4n) is 2.89. The molecule has 20 heavy (non-hydrogen) atoms. The average Bonchev–Trinajstić information content (AvgIpc) is 2.64. The van der Waals surface area contributed by atoms with Crippen LogP contribution in [0.25, 0.3) is 32.3 Å². The topological polar surface area (TPSA) is 17.1 Å². The van der Waals surface area contributed by atoms with Crippen LogP contribution in [-0.2, 0) is 0 Å². The third kappa shape index (κ3) is 1.37. The lowest BCUT2D eigenvalue weighted by Crippen LogP contribution is -2.01. The molecule has 4 aromatic carbocycles. The molecule has 0 heterocycles. The molecule has 0 aliphatic rings.